The molecule has 1 heterocycles. The van der Waals surface area contributed by atoms with Gasteiger partial charge in [-0.1, -0.05) is 18.2 Å². The van der Waals surface area contributed by atoms with E-state index in [2.05, 4.69) is 22.5 Å². The molecule has 2 rings (SSSR count). The highest BCUT2D eigenvalue weighted by Crippen LogP contribution is 2.07. The number of ether oxygens (including phenoxy) is 1. The van der Waals surface area contributed by atoms with E-state index in [4.69, 9.17) is 4.74 Å². The van der Waals surface area contributed by atoms with E-state index < -0.39 is 0 Å². The molecule has 0 spiro atoms. The summed E-state index contributed by atoms with van der Waals surface area (Å²) in [7, 11) is 0. The maximum atomic E-state index is 11.8. The summed E-state index contributed by atoms with van der Waals surface area (Å²) in [4.78, 5) is 14.0. The van der Waals surface area contributed by atoms with Crippen LogP contribution in [-0.4, -0.2) is 56.2 Å². The minimum absolute atomic E-state index is 0.0652. The molecular weight excluding hydrogens is 254 g/mol. The maximum Gasteiger partial charge on any atom is 0.234 e. The van der Waals surface area contributed by atoms with Crippen molar-refractivity contribution in [2.75, 3.05) is 39.3 Å². The van der Waals surface area contributed by atoms with Gasteiger partial charge in [0, 0.05) is 25.7 Å². The highest BCUT2D eigenvalue weighted by atomic mass is 16.5. The average Bonchev–Trinajstić information content (AvgIpc) is 2.47. The van der Waals surface area contributed by atoms with Crippen molar-refractivity contribution in [3.8, 4) is 5.75 Å². The number of carbonyl (C=O) groups excluding carboxylic acids is 1. The van der Waals surface area contributed by atoms with Crippen molar-refractivity contribution < 1.29 is 9.53 Å². The number of hydrogen-bond donors (Lipinski definition) is 2. The summed E-state index contributed by atoms with van der Waals surface area (Å²) in [6.45, 7) is 6.46. The molecule has 1 aromatic rings. The predicted octanol–water partition coefficient (Wildman–Crippen LogP) is 0.475. The van der Waals surface area contributed by atoms with E-state index in [1.165, 1.54) is 0 Å². The Morgan fingerprint density at radius 3 is 3.00 bits per heavy atom. The van der Waals surface area contributed by atoms with Crippen molar-refractivity contribution in [1.29, 1.82) is 0 Å². The van der Waals surface area contributed by atoms with E-state index in [0.717, 1.165) is 25.4 Å². The normalized spacial score (nSPS) is 19.6. The Morgan fingerprint density at radius 1 is 1.45 bits per heavy atom. The zero-order valence-electron chi connectivity index (χ0n) is 12.0. The molecule has 1 amide bonds. The molecular formula is C15H23N3O2. The van der Waals surface area contributed by atoms with E-state index in [0.29, 0.717) is 25.7 Å². The second kappa shape index (κ2) is 7.87. The third kappa shape index (κ3) is 4.83. The van der Waals surface area contributed by atoms with Gasteiger partial charge in [-0.15, -0.1) is 0 Å². The number of benzene rings is 1. The Hall–Kier alpha value is -1.59. The fraction of sp³-hybridized carbons (Fsp3) is 0.533. The monoisotopic (exact) mass is 277 g/mol. The molecule has 1 aliphatic rings. The zero-order valence-corrected chi connectivity index (χ0v) is 12.0. The summed E-state index contributed by atoms with van der Waals surface area (Å²) < 4.78 is 5.53. The summed E-state index contributed by atoms with van der Waals surface area (Å²) in [6.07, 6.45) is 0. The van der Waals surface area contributed by atoms with Crippen LogP contribution in [0.25, 0.3) is 0 Å². The van der Waals surface area contributed by atoms with Crippen molar-refractivity contribution in [3.63, 3.8) is 0 Å². The van der Waals surface area contributed by atoms with Crippen LogP contribution in [0.3, 0.4) is 0 Å². The highest BCUT2D eigenvalue weighted by molar-refractivity contribution is 5.78. The molecule has 0 saturated carbocycles. The fourth-order valence-electron chi connectivity index (χ4n) is 2.23. The number of nitrogens with zero attached hydrogens (tertiary/aromatic N) is 1. The van der Waals surface area contributed by atoms with Crippen LogP contribution in [0.4, 0.5) is 0 Å². The van der Waals surface area contributed by atoms with Gasteiger partial charge in [-0.25, -0.2) is 0 Å². The number of nitrogens with one attached hydrogen (secondary N) is 2. The van der Waals surface area contributed by atoms with Crippen molar-refractivity contribution >= 4 is 5.91 Å². The first-order chi connectivity index (χ1) is 9.75. The topological polar surface area (TPSA) is 53.6 Å². The van der Waals surface area contributed by atoms with Gasteiger partial charge in [-0.05, 0) is 19.1 Å². The van der Waals surface area contributed by atoms with E-state index in [1.54, 1.807) is 0 Å². The van der Waals surface area contributed by atoms with Crippen LogP contribution in [-0.2, 0) is 4.79 Å². The molecule has 0 bridgehead atoms. The molecule has 1 aliphatic heterocycles. The Kier molecular flexibility index (Phi) is 5.83. The van der Waals surface area contributed by atoms with Gasteiger partial charge in [0.15, 0.2) is 0 Å². The van der Waals surface area contributed by atoms with Gasteiger partial charge in [0.1, 0.15) is 12.4 Å². The van der Waals surface area contributed by atoms with Gasteiger partial charge < -0.3 is 15.4 Å². The largest absolute Gasteiger partial charge is 0.492 e. The van der Waals surface area contributed by atoms with Crippen molar-refractivity contribution in [2.24, 2.45) is 0 Å². The molecule has 1 saturated heterocycles. The molecule has 20 heavy (non-hydrogen) atoms. The molecule has 1 fully saturated rings. The Bertz CT molecular complexity index is 411. The minimum Gasteiger partial charge on any atom is -0.492 e. The number of rotatable bonds is 6. The van der Waals surface area contributed by atoms with Crippen LogP contribution >= 0.6 is 0 Å². The average molecular weight is 277 g/mol. The van der Waals surface area contributed by atoms with E-state index in [1.807, 2.05) is 30.3 Å². The smallest absolute Gasteiger partial charge is 0.234 e. The van der Waals surface area contributed by atoms with Crippen molar-refractivity contribution in [3.05, 3.63) is 30.3 Å². The van der Waals surface area contributed by atoms with Gasteiger partial charge >= 0.3 is 0 Å². The first-order valence-electron chi connectivity index (χ1n) is 7.15. The molecule has 0 aliphatic carbocycles. The molecule has 1 unspecified atom stereocenters. The van der Waals surface area contributed by atoms with Crippen LogP contribution in [0, 0.1) is 0 Å². The summed E-state index contributed by atoms with van der Waals surface area (Å²) >= 11 is 0. The lowest BCUT2D eigenvalue weighted by Gasteiger charge is -2.33. The Labute approximate surface area is 120 Å². The Morgan fingerprint density at radius 2 is 2.25 bits per heavy atom. The highest BCUT2D eigenvalue weighted by Gasteiger charge is 2.19. The lowest BCUT2D eigenvalue weighted by Crippen LogP contribution is -2.52. The quantitative estimate of drug-likeness (QED) is 0.743. The number of para-hydroxylation sites is 1. The van der Waals surface area contributed by atoms with Gasteiger partial charge in [0.25, 0.3) is 0 Å². The minimum atomic E-state index is 0.0652. The van der Waals surface area contributed by atoms with Crippen LogP contribution in [0.15, 0.2) is 30.3 Å². The van der Waals surface area contributed by atoms with Crippen LogP contribution in [0.5, 0.6) is 5.75 Å². The molecule has 110 valence electrons. The third-order valence-corrected chi connectivity index (χ3v) is 3.42. The SMILES string of the molecule is CC1CNCCN1CC(=O)NCCOc1ccccc1. The standard InChI is InChI=1S/C15H23N3O2/c1-13-11-16-7-9-18(13)12-15(19)17-8-10-20-14-5-3-2-4-6-14/h2-6,13,16H,7-12H2,1H3,(H,17,19). The van der Waals surface area contributed by atoms with Gasteiger partial charge in [-0.2, -0.15) is 0 Å². The number of piperazine rings is 1. The summed E-state index contributed by atoms with van der Waals surface area (Å²) in [6, 6.07) is 10.0. The fourth-order valence-corrected chi connectivity index (χ4v) is 2.23. The molecule has 0 aromatic heterocycles. The molecule has 5 nitrogen and oxygen atoms in total. The van der Waals surface area contributed by atoms with E-state index in [-0.39, 0.29) is 5.91 Å². The Balaban J connectivity index is 1.60. The summed E-state index contributed by atoms with van der Waals surface area (Å²) in [5, 5.41) is 6.21. The molecule has 5 heteroatoms. The summed E-state index contributed by atoms with van der Waals surface area (Å²) in [5.41, 5.74) is 0. The number of amides is 1. The lowest BCUT2D eigenvalue weighted by atomic mass is 10.2. The molecule has 0 radical (unpaired) electrons. The van der Waals surface area contributed by atoms with Crippen molar-refractivity contribution in [2.45, 2.75) is 13.0 Å². The van der Waals surface area contributed by atoms with Gasteiger partial charge in [0.2, 0.25) is 5.91 Å². The van der Waals surface area contributed by atoms with Crippen LogP contribution < -0.4 is 15.4 Å². The maximum absolute atomic E-state index is 11.8. The second-order valence-corrected chi connectivity index (χ2v) is 5.04. The zero-order chi connectivity index (χ0) is 14.2. The van der Waals surface area contributed by atoms with Gasteiger partial charge in [0.05, 0.1) is 13.1 Å². The van der Waals surface area contributed by atoms with Crippen molar-refractivity contribution in [1.82, 2.24) is 15.5 Å². The molecule has 1 atom stereocenters. The van der Waals surface area contributed by atoms with E-state index in [9.17, 15) is 4.79 Å². The predicted molar refractivity (Wildman–Crippen MR) is 78.9 cm³/mol. The first kappa shape index (κ1) is 14.8. The van der Waals surface area contributed by atoms with Crippen LogP contribution in [0.1, 0.15) is 6.92 Å². The number of hydrogen-bond acceptors (Lipinski definition) is 4. The molecule has 2 N–H and O–H groups in total. The van der Waals surface area contributed by atoms with Gasteiger partial charge in [-0.3, -0.25) is 9.69 Å². The summed E-state index contributed by atoms with van der Waals surface area (Å²) in [5.74, 6) is 0.896. The number of carbonyl (C=O) groups is 1. The van der Waals surface area contributed by atoms with Crippen LogP contribution in [0.2, 0.25) is 0 Å². The van der Waals surface area contributed by atoms with E-state index >= 15 is 0 Å². The second-order valence-electron chi connectivity index (χ2n) is 5.04. The molecule has 1 aromatic carbocycles. The third-order valence-electron chi connectivity index (χ3n) is 3.42. The lowest BCUT2D eigenvalue weighted by molar-refractivity contribution is -0.123. The first-order valence-corrected chi connectivity index (χ1v) is 7.15.